The molecule has 4 nitrogen and oxygen atoms in total. The van der Waals surface area contributed by atoms with Crippen LogP contribution in [-0.2, 0) is 10.8 Å². The zero-order valence-electron chi connectivity index (χ0n) is 10.6. The Morgan fingerprint density at radius 2 is 1.94 bits per heavy atom. The van der Waals surface area contributed by atoms with E-state index in [9.17, 15) is 4.21 Å². The minimum atomic E-state index is -0.956. The molecule has 0 aliphatic carbocycles. The van der Waals surface area contributed by atoms with Crippen LogP contribution < -0.4 is 14.8 Å². The summed E-state index contributed by atoms with van der Waals surface area (Å²) in [5.74, 6) is 1.49. The summed E-state index contributed by atoms with van der Waals surface area (Å²) in [4.78, 5) is 0.886. The Morgan fingerprint density at radius 1 is 1.28 bits per heavy atom. The molecule has 1 aromatic rings. The van der Waals surface area contributed by atoms with E-state index < -0.39 is 10.8 Å². The molecule has 3 atom stereocenters. The molecule has 0 bridgehead atoms. The Kier molecular flexibility index (Phi) is 3.03. The van der Waals surface area contributed by atoms with E-state index in [1.54, 1.807) is 0 Å². The van der Waals surface area contributed by atoms with Gasteiger partial charge in [0.2, 0.25) is 0 Å². The lowest BCUT2D eigenvalue weighted by Crippen LogP contribution is -2.30. The van der Waals surface area contributed by atoms with Crippen molar-refractivity contribution < 1.29 is 13.7 Å². The maximum Gasteiger partial charge on any atom is 0.162 e. The number of benzene rings is 1. The van der Waals surface area contributed by atoms with Gasteiger partial charge in [0.05, 0.1) is 10.8 Å². The third kappa shape index (κ3) is 1.82. The van der Waals surface area contributed by atoms with Crippen LogP contribution in [0, 0.1) is 0 Å². The molecule has 0 aromatic heterocycles. The molecule has 1 aromatic carbocycles. The van der Waals surface area contributed by atoms with E-state index in [4.69, 9.17) is 9.47 Å². The molecule has 0 spiro atoms. The van der Waals surface area contributed by atoms with Crippen molar-refractivity contribution in [3.63, 3.8) is 0 Å². The number of ether oxygens (including phenoxy) is 2. The number of hydrogen-bond acceptors (Lipinski definition) is 4. The quantitative estimate of drug-likeness (QED) is 0.840. The summed E-state index contributed by atoms with van der Waals surface area (Å²) in [7, 11) is 0.981. The number of hydrogen-bond donors (Lipinski definition) is 1. The molecule has 3 rings (SSSR count). The van der Waals surface area contributed by atoms with Gasteiger partial charge in [0, 0.05) is 22.3 Å². The molecule has 0 radical (unpaired) electrons. The van der Waals surface area contributed by atoms with Crippen molar-refractivity contribution in [2.75, 3.05) is 20.3 Å². The van der Waals surface area contributed by atoms with Gasteiger partial charge in [-0.3, -0.25) is 4.21 Å². The summed E-state index contributed by atoms with van der Waals surface area (Å²) in [6.45, 7) is 3.17. The maximum absolute atomic E-state index is 12.4. The first-order chi connectivity index (χ1) is 8.70. The van der Waals surface area contributed by atoms with Crippen molar-refractivity contribution >= 4 is 10.8 Å². The topological polar surface area (TPSA) is 47.6 Å². The van der Waals surface area contributed by atoms with E-state index in [0.29, 0.717) is 13.2 Å². The van der Waals surface area contributed by atoms with Crippen molar-refractivity contribution in [2.24, 2.45) is 0 Å². The largest absolute Gasteiger partial charge is 0.486 e. The molecule has 0 amide bonds. The highest BCUT2D eigenvalue weighted by Gasteiger charge is 2.31. The van der Waals surface area contributed by atoms with Crippen LogP contribution in [-0.4, -0.2) is 29.7 Å². The summed E-state index contributed by atoms with van der Waals surface area (Å²) in [6.07, 6.45) is 0.885. The normalized spacial score (nSPS) is 29.8. The minimum absolute atomic E-state index is 0.164. The average molecular weight is 267 g/mol. The zero-order valence-corrected chi connectivity index (χ0v) is 11.4. The van der Waals surface area contributed by atoms with Crippen molar-refractivity contribution in [3.8, 4) is 11.5 Å². The van der Waals surface area contributed by atoms with Gasteiger partial charge in [-0.25, -0.2) is 0 Å². The third-order valence-corrected chi connectivity index (χ3v) is 5.26. The first kappa shape index (κ1) is 12.0. The van der Waals surface area contributed by atoms with E-state index in [0.717, 1.165) is 28.4 Å². The molecule has 18 heavy (non-hydrogen) atoms. The molecule has 0 fully saturated rings. The second-order valence-electron chi connectivity index (χ2n) is 4.72. The SMILES string of the molecule is CNC1CC(C)S(=O)c2cc3c(cc21)OCCO3. The predicted octanol–water partition coefficient (Wildman–Crippen LogP) is 1.62. The summed E-state index contributed by atoms with van der Waals surface area (Å²) in [5.41, 5.74) is 1.08. The fourth-order valence-corrected chi connectivity index (χ4v) is 4.03. The molecule has 2 aliphatic heterocycles. The van der Waals surface area contributed by atoms with Crippen LogP contribution in [0.1, 0.15) is 24.9 Å². The Hall–Kier alpha value is -1.07. The standard InChI is InChI=1S/C13H17NO3S/c1-8-5-10(14-2)9-6-11-12(17-4-3-16-11)7-13(9)18(8)15/h6-8,10,14H,3-5H2,1-2H3. The van der Waals surface area contributed by atoms with Crippen molar-refractivity contribution in [1.29, 1.82) is 0 Å². The minimum Gasteiger partial charge on any atom is -0.486 e. The maximum atomic E-state index is 12.4. The Bertz CT molecular complexity index is 503. The fourth-order valence-electron chi connectivity index (χ4n) is 2.57. The van der Waals surface area contributed by atoms with E-state index in [-0.39, 0.29) is 11.3 Å². The van der Waals surface area contributed by atoms with Crippen LogP contribution in [0.25, 0.3) is 0 Å². The molecular formula is C13H17NO3S. The molecule has 0 saturated heterocycles. The van der Waals surface area contributed by atoms with Crippen LogP contribution in [0.4, 0.5) is 0 Å². The Morgan fingerprint density at radius 3 is 2.61 bits per heavy atom. The van der Waals surface area contributed by atoms with Crippen molar-refractivity contribution in [2.45, 2.75) is 29.5 Å². The summed E-state index contributed by atoms with van der Waals surface area (Å²) < 4.78 is 23.5. The van der Waals surface area contributed by atoms with E-state index in [2.05, 4.69) is 5.32 Å². The summed E-state index contributed by atoms with van der Waals surface area (Å²) in [5, 5.41) is 3.45. The van der Waals surface area contributed by atoms with Gasteiger partial charge in [0.25, 0.3) is 0 Å². The third-order valence-electron chi connectivity index (χ3n) is 3.55. The lowest BCUT2D eigenvalue weighted by Gasteiger charge is -2.30. The van der Waals surface area contributed by atoms with Gasteiger partial charge in [-0.1, -0.05) is 6.92 Å². The predicted molar refractivity (Wildman–Crippen MR) is 69.7 cm³/mol. The smallest absolute Gasteiger partial charge is 0.162 e. The monoisotopic (exact) mass is 267 g/mol. The second kappa shape index (κ2) is 4.55. The summed E-state index contributed by atoms with van der Waals surface area (Å²) >= 11 is 0. The van der Waals surface area contributed by atoms with Crippen molar-refractivity contribution in [3.05, 3.63) is 17.7 Å². The lowest BCUT2D eigenvalue weighted by molar-refractivity contribution is 0.170. The fraction of sp³-hybridized carbons (Fsp3) is 0.538. The van der Waals surface area contributed by atoms with Crippen molar-refractivity contribution in [1.82, 2.24) is 5.32 Å². The Balaban J connectivity index is 2.12. The molecule has 0 saturated carbocycles. The van der Waals surface area contributed by atoms with Gasteiger partial charge in [-0.2, -0.15) is 0 Å². The Labute approximate surface area is 109 Å². The first-order valence-electron chi connectivity index (χ1n) is 6.22. The van der Waals surface area contributed by atoms with Crippen LogP contribution in [0.2, 0.25) is 0 Å². The van der Waals surface area contributed by atoms with Crippen LogP contribution in [0.15, 0.2) is 17.0 Å². The number of nitrogens with one attached hydrogen (secondary N) is 1. The highest BCUT2D eigenvalue weighted by atomic mass is 32.2. The molecule has 3 unspecified atom stereocenters. The molecule has 5 heteroatoms. The molecule has 2 heterocycles. The van der Waals surface area contributed by atoms with Gasteiger partial charge >= 0.3 is 0 Å². The zero-order chi connectivity index (χ0) is 12.7. The van der Waals surface area contributed by atoms with Gasteiger partial charge < -0.3 is 14.8 Å². The first-order valence-corrected chi connectivity index (χ1v) is 7.43. The molecular weight excluding hydrogens is 250 g/mol. The number of fused-ring (bicyclic) bond motifs is 2. The van der Waals surface area contributed by atoms with Crippen LogP contribution in [0.3, 0.4) is 0 Å². The highest BCUT2D eigenvalue weighted by molar-refractivity contribution is 7.85. The van der Waals surface area contributed by atoms with Gasteiger partial charge in [0.1, 0.15) is 13.2 Å². The van der Waals surface area contributed by atoms with Crippen LogP contribution >= 0.6 is 0 Å². The molecule has 1 N–H and O–H groups in total. The molecule has 2 aliphatic rings. The van der Waals surface area contributed by atoms with E-state index >= 15 is 0 Å². The number of rotatable bonds is 1. The van der Waals surface area contributed by atoms with E-state index in [1.807, 2.05) is 26.1 Å². The van der Waals surface area contributed by atoms with E-state index in [1.165, 1.54) is 0 Å². The highest BCUT2D eigenvalue weighted by Crippen LogP contribution is 2.41. The molecule has 98 valence electrons. The average Bonchev–Trinajstić information content (AvgIpc) is 2.41. The van der Waals surface area contributed by atoms with Gasteiger partial charge in [-0.15, -0.1) is 0 Å². The second-order valence-corrected chi connectivity index (χ2v) is 6.56. The summed E-state index contributed by atoms with van der Waals surface area (Å²) in [6, 6.07) is 4.11. The van der Waals surface area contributed by atoms with Gasteiger partial charge in [0.15, 0.2) is 11.5 Å². The van der Waals surface area contributed by atoms with Crippen LogP contribution in [0.5, 0.6) is 11.5 Å². The van der Waals surface area contributed by atoms with Gasteiger partial charge in [-0.05, 0) is 25.1 Å². The lowest BCUT2D eigenvalue weighted by atomic mass is 10.0.